The predicted molar refractivity (Wildman–Crippen MR) is 81.9 cm³/mol. The Bertz CT molecular complexity index is 709. The molecule has 8 heteroatoms. The minimum absolute atomic E-state index is 0.0339. The van der Waals surface area contributed by atoms with E-state index in [-0.39, 0.29) is 16.4 Å². The van der Waals surface area contributed by atoms with Gasteiger partial charge in [-0.1, -0.05) is 0 Å². The molecule has 1 saturated heterocycles. The number of sulfone groups is 1. The Morgan fingerprint density at radius 1 is 1.30 bits per heavy atom. The van der Waals surface area contributed by atoms with Crippen LogP contribution in [-0.4, -0.2) is 64.5 Å². The molecule has 2 aliphatic heterocycles. The van der Waals surface area contributed by atoms with Crippen LogP contribution in [0.4, 0.5) is 0 Å². The molecule has 0 amide bonds. The number of benzene rings is 1. The van der Waals surface area contributed by atoms with Gasteiger partial charge in [-0.15, -0.1) is 0 Å². The molecule has 0 spiro atoms. The quantitative estimate of drug-likeness (QED) is 0.730. The van der Waals surface area contributed by atoms with Gasteiger partial charge in [0.25, 0.3) is 0 Å². The summed E-state index contributed by atoms with van der Waals surface area (Å²) in [6.07, 6.45) is 0. The monoisotopic (exact) mass is 341 g/mol. The highest BCUT2D eigenvalue weighted by Crippen LogP contribution is 2.41. The van der Waals surface area contributed by atoms with Crippen LogP contribution in [0.1, 0.15) is 17.3 Å². The molecule has 23 heavy (non-hydrogen) atoms. The lowest BCUT2D eigenvalue weighted by Gasteiger charge is -2.26. The van der Waals surface area contributed by atoms with Crippen molar-refractivity contribution in [3.05, 3.63) is 17.7 Å². The first-order chi connectivity index (χ1) is 11.0. The highest BCUT2D eigenvalue weighted by molar-refractivity contribution is 7.91. The van der Waals surface area contributed by atoms with Gasteiger partial charge in [0.1, 0.15) is 11.5 Å². The van der Waals surface area contributed by atoms with Crippen molar-refractivity contribution in [1.29, 1.82) is 0 Å². The molecular weight excluding hydrogens is 322 g/mol. The Balaban J connectivity index is 1.77. The van der Waals surface area contributed by atoms with Crippen LogP contribution in [0.2, 0.25) is 0 Å². The number of ether oxygens (including phenoxy) is 3. The van der Waals surface area contributed by atoms with Crippen molar-refractivity contribution in [1.82, 2.24) is 4.90 Å². The topological polar surface area (TPSA) is 82.1 Å². The molecule has 0 bridgehead atoms. The van der Waals surface area contributed by atoms with Crippen LogP contribution >= 0.6 is 0 Å². The van der Waals surface area contributed by atoms with Crippen LogP contribution < -0.4 is 9.47 Å². The number of nitrogens with zero attached hydrogens (tertiary/aromatic N) is 1. The van der Waals surface area contributed by atoms with Gasteiger partial charge in [0.2, 0.25) is 9.84 Å². The molecule has 3 rings (SSSR count). The summed E-state index contributed by atoms with van der Waals surface area (Å²) in [4.78, 5) is 13.9. The van der Waals surface area contributed by atoms with Gasteiger partial charge in [0, 0.05) is 25.2 Å². The molecule has 2 heterocycles. The number of Topliss-reactive ketones (excluding diaryl/α,β-unsaturated/α-hetero) is 1. The van der Waals surface area contributed by atoms with Crippen LogP contribution in [0.3, 0.4) is 0 Å². The van der Waals surface area contributed by atoms with Crippen LogP contribution in [0.25, 0.3) is 0 Å². The highest BCUT2D eigenvalue weighted by Gasteiger charge is 2.32. The van der Waals surface area contributed by atoms with E-state index in [1.54, 1.807) is 6.07 Å². The summed E-state index contributed by atoms with van der Waals surface area (Å²) in [6, 6.07) is 2.90. The number of rotatable bonds is 5. The van der Waals surface area contributed by atoms with Crippen molar-refractivity contribution in [3.63, 3.8) is 0 Å². The van der Waals surface area contributed by atoms with Gasteiger partial charge in [-0.2, -0.15) is 0 Å². The van der Waals surface area contributed by atoms with Gasteiger partial charge in [0.05, 0.1) is 13.2 Å². The van der Waals surface area contributed by atoms with Crippen molar-refractivity contribution in [3.8, 4) is 11.5 Å². The van der Waals surface area contributed by atoms with Gasteiger partial charge in [-0.05, 0) is 19.1 Å². The Labute approximate surface area is 135 Å². The molecule has 0 unspecified atom stereocenters. The van der Waals surface area contributed by atoms with E-state index in [1.165, 1.54) is 13.0 Å². The minimum Gasteiger partial charge on any atom is -0.488 e. The molecule has 7 nitrogen and oxygen atoms in total. The molecule has 1 aromatic rings. The summed E-state index contributed by atoms with van der Waals surface area (Å²) < 4.78 is 40.2. The Morgan fingerprint density at radius 3 is 2.74 bits per heavy atom. The number of morpholine rings is 1. The second-order valence-corrected chi connectivity index (χ2v) is 7.44. The van der Waals surface area contributed by atoms with E-state index in [1.807, 2.05) is 0 Å². The first-order valence-corrected chi connectivity index (χ1v) is 9.10. The van der Waals surface area contributed by atoms with Crippen LogP contribution in [0.5, 0.6) is 11.5 Å². The highest BCUT2D eigenvalue weighted by atomic mass is 32.2. The number of fused-ring (bicyclic) bond motifs is 1. The lowest BCUT2D eigenvalue weighted by atomic mass is 10.1. The Morgan fingerprint density at radius 2 is 2.04 bits per heavy atom. The molecular formula is C15H19NO6S. The molecule has 1 fully saturated rings. The molecule has 126 valence electrons. The van der Waals surface area contributed by atoms with Gasteiger partial charge in [-0.25, -0.2) is 8.42 Å². The summed E-state index contributed by atoms with van der Waals surface area (Å²) in [5.74, 6) is -0.115. The average Bonchev–Trinajstić information content (AvgIpc) is 2.84. The third-order valence-electron chi connectivity index (χ3n) is 3.89. The zero-order valence-corrected chi connectivity index (χ0v) is 13.7. The van der Waals surface area contributed by atoms with Gasteiger partial charge in [-0.3, -0.25) is 9.69 Å². The maximum absolute atomic E-state index is 12.0. The fourth-order valence-corrected chi connectivity index (χ4v) is 3.72. The number of carbonyl (C=O) groups is 1. The fraction of sp³-hybridized carbons (Fsp3) is 0.533. The second kappa shape index (κ2) is 6.46. The summed E-state index contributed by atoms with van der Waals surface area (Å²) >= 11 is 0. The molecule has 0 atom stereocenters. The largest absolute Gasteiger partial charge is 0.488 e. The average molecular weight is 341 g/mol. The van der Waals surface area contributed by atoms with E-state index in [4.69, 9.17) is 14.2 Å². The van der Waals surface area contributed by atoms with E-state index < -0.39 is 15.8 Å². The van der Waals surface area contributed by atoms with E-state index in [0.717, 1.165) is 13.1 Å². The van der Waals surface area contributed by atoms with Crippen molar-refractivity contribution < 1.29 is 27.4 Å². The molecule has 1 aromatic carbocycles. The van der Waals surface area contributed by atoms with Gasteiger partial charge in [0.15, 0.2) is 23.2 Å². The zero-order chi connectivity index (χ0) is 16.4. The molecule has 0 radical (unpaired) electrons. The van der Waals surface area contributed by atoms with Gasteiger partial charge >= 0.3 is 0 Å². The number of hydrogen-bond acceptors (Lipinski definition) is 7. The third kappa shape index (κ3) is 3.49. The lowest BCUT2D eigenvalue weighted by molar-refractivity contribution is 0.0321. The van der Waals surface area contributed by atoms with Crippen molar-refractivity contribution >= 4 is 15.6 Å². The third-order valence-corrected chi connectivity index (χ3v) is 5.29. The van der Waals surface area contributed by atoms with E-state index in [0.29, 0.717) is 37.7 Å². The van der Waals surface area contributed by atoms with Crippen LogP contribution in [-0.2, 0) is 14.6 Å². The van der Waals surface area contributed by atoms with E-state index in [9.17, 15) is 13.2 Å². The number of carbonyl (C=O) groups excluding carboxylic acids is 1. The normalized spacial score (nSPS) is 19.9. The number of ketones is 1. The van der Waals surface area contributed by atoms with E-state index in [2.05, 4.69) is 4.90 Å². The molecule has 0 saturated carbocycles. The first-order valence-electron chi connectivity index (χ1n) is 7.45. The molecule has 0 aliphatic carbocycles. The maximum Gasteiger partial charge on any atom is 0.217 e. The Kier molecular flexibility index (Phi) is 4.56. The SMILES string of the molecule is CC(=O)c1cc(OCCN2CCOCC2)c2c(c1)S(=O)(=O)CO2. The van der Waals surface area contributed by atoms with Crippen LogP contribution in [0.15, 0.2) is 17.0 Å². The van der Waals surface area contributed by atoms with Crippen molar-refractivity contribution in [2.75, 3.05) is 45.4 Å². The molecule has 0 N–H and O–H groups in total. The summed E-state index contributed by atoms with van der Waals surface area (Å²) in [7, 11) is -3.51. The second-order valence-electron chi connectivity index (χ2n) is 5.54. The predicted octanol–water partition coefficient (Wildman–Crippen LogP) is 0.724. The smallest absolute Gasteiger partial charge is 0.217 e. The van der Waals surface area contributed by atoms with Crippen LogP contribution in [0, 0.1) is 0 Å². The van der Waals surface area contributed by atoms with E-state index >= 15 is 0 Å². The minimum atomic E-state index is -3.51. The van der Waals surface area contributed by atoms with Crippen molar-refractivity contribution in [2.45, 2.75) is 11.8 Å². The zero-order valence-electron chi connectivity index (χ0n) is 12.9. The summed E-state index contributed by atoms with van der Waals surface area (Å²) in [5, 5.41) is 0. The summed E-state index contributed by atoms with van der Waals surface area (Å²) in [6.45, 7) is 5.58. The summed E-state index contributed by atoms with van der Waals surface area (Å²) in [5.41, 5.74) is 0.305. The molecule has 2 aliphatic rings. The number of hydrogen-bond donors (Lipinski definition) is 0. The van der Waals surface area contributed by atoms with Crippen molar-refractivity contribution in [2.24, 2.45) is 0 Å². The Hall–Kier alpha value is -1.64. The maximum atomic E-state index is 12.0. The fourth-order valence-electron chi connectivity index (χ4n) is 2.57. The van der Waals surface area contributed by atoms with Gasteiger partial charge < -0.3 is 14.2 Å². The lowest BCUT2D eigenvalue weighted by Crippen LogP contribution is -2.38. The standard InChI is InChI=1S/C15H19NO6S/c1-11(17)12-8-13(15-14(9-12)23(18,19)10-22-15)21-7-4-16-2-5-20-6-3-16/h8-9H,2-7,10H2,1H3. The first kappa shape index (κ1) is 16.2. The molecule has 0 aromatic heterocycles.